The molecule has 0 spiro atoms. The van der Waals surface area contributed by atoms with Gasteiger partial charge in [-0.15, -0.1) is 11.3 Å². The van der Waals surface area contributed by atoms with E-state index in [0.717, 1.165) is 6.54 Å². The van der Waals surface area contributed by atoms with Gasteiger partial charge in [0.2, 0.25) is 6.21 Å². The first-order chi connectivity index (χ1) is 11.8. The molecule has 0 N–H and O–H groups in total. The van der Waals surface area contributed by atoms with Gasteiger partial charge in [-0.05, 0) is 30.2 Å². The first-order valence-electron chi connectivity index (χ1n) is 8.46. The van der Waals surface area contributed by atoms with Crippen molar-refractivity contribution in [3.05, 3.63) is 72.3 Å². The van der Waals surface area contributed by atoms with Crippen LogP contribution in [0.25, 0.3) is 31.3 Å². The van der Waals surface area contributed by atoms with Gasteiger partial charge in [-0.25, -0.2) is 4.58 Å². The summed E-state index contributed by atoms with van der Waals surface area (Å²) in [6.07, 6.45) is 2.30. The maximum Gasteiger partial charge on any atom is 0.253 e. The summed E-state index contributed by atoms with van der Waals surface area (Å²) in [5.41, 5.74) is 4.06. The molecule has 0 saturated carbocycles. The average molecular weight is 328 g/mol. The Bertz CT molecular complexity index is 1100. The topological polar surface area (TPSA) is 3.01 Å². The maximum atomic E-state index is 2.37. The van der Waals surface area contributed by atoms with Gasteiger partial charge in [0, 0.05) is 25.7 Å². The van der Waals surface area contributed by atoms with E-state index in [1.165, 1.54) is 36.9 Å². The van der Waals surface area contributed by atoms with Crippen molar-refractivity contribution in [2.24, 2.45) is 0 Å². The van der Waals surface area contributed by atoms with Gasteiger partial charge < -0.3 is 0 Å². The lowest BCUT2D eigenvalue weighted by molar-refractivity contribution is -0.469. The SMILES string of the molecule is CC[N+]1=CC1c1cccc(-c2cccc3c2sc2ccccc23)c1. The van der Waals surface area contributed by atoms with E-state index >= 15 is 0 Å². The van der Waals surface area contributed by atoms with Crippen molar-refractivity contribution in [2.75, 3.05) is 6.54 Å². The van der Waals surface area contributed by atoms with Crippen LogP contribution < -0.4 is 0 Å². The largest absolute Gasteiger partial charge is 0.253 e. The molecule has 0 bridgehead atoms. The monoisotopic (exact) mass is 328 g/mol. The summed E-state index contributed by atoms with van der Waals surface area (Å²) < 4.78 is 5.13. The quantitative estimate of drug-likeness (QED) is 0.413. The molecule has 0 radical (unpaired) electrons. The zero-order valence-corrected chi connectivity index (χ0v) is 14.4. The van der Waals surface area contributed by atoms with Crippen molar-refractivity contribution >= 4 is 37.7 Å². The number of benzene rings is 3. The molecule has 1 aromatic heterocycles. The number of nitrogens with zero attached hydrogens (tertiary/aromatic N) is 1. The van der Waals surface area contributed by atoms with E-state index < -0.39 is 0 Å². The Balaban J connectivity index is 1.68. The molecule has 1 nitrogen and oxygen atoms in total. The van der Waals surface area contributed by atoms with E-state index in [-0.39, 0.29) is 0 Å². The van der Waals surface area contributed by atoms with Crippen LogP contribution in [0.15, 0.2) is 66.7 Å². The standard InChI is InChI=1S/C22H18NS/c1-2-23-14-20(23)16-8-5-7-15(13-16)17-10-6-11-19-18-9-3-4-12-21(18)24-22(17)19/h3-14,20H,2H2,1H3/q+1. The molecular formula is C22H18NS+. The molecule has 2 heteroatoms. The van der Waals surface area contributed by atoms with Crippen LogP contribution in [-0.2, 0) is 0 Å². The van der Waals surface area contributed by atoms with Crippen LogP contribution >= 0.6 is 11.3 Å². The lowest BCUT2D eigenvalue weighted by atomic mass is 9.99. The first-order valence-corrected chi connectivity index (χ1v) is 9.28. The molecule has 0 fully saturated rings. The van der Waals surface area contributed by atoms with Crippen LogP contribution in [0, 0.1) is 0 Å². The normalized spacial score (nSPS) is 16.5. The Hall–Kier alpha value is -2.45. The summed E-state index contributed by atoms with van der Waals surface area (Å²) in [6.45, 7) is 3.29. The Kier molecular flexibility index (Phi) is 3.07. The molecular weight excluding hydrogens is 310 g/mol. The summed E-state index contributed by atoms with van der Waals surface area (Å²) in [5.74, 6) is 0. The van der Waals surface area contributed by atoms with E-state index in [4.69, 9.17) is 0 Å². The van der Waals surface area contributed by atoms with E-state index in [2.05, 4.69) is 84.4 Å². The van der Waals surface area contributed by atoms with Gasteiger partial charge in [-0.3, -0.25) is 0 Å². The zero-order valence-electron chi connectivity index (χ0n) is 13.6. The molecule has 0 amide bonds. The summed E-state index contributed by atoms with van der Waals surface area (Å²) in [5, 5.41) is 2.73. The molecule has 24 heavy (non-hydrogen) atoms. The Morgan fingerprint density at radius 3 is 2.62 bits per heavy atom. The highest BCUT2D eigenvalue weighted by molar-refractivity contribution is 7.26. The van der Waals surface area contributed by atoms with E-state index in [0.29, 0.717) is 6.04 Å². The predicted molar refractivity (Wildman–Crippen MR) is 104 cm³/mol. The number of fused-ring (bicyclic) bond motifs is 3. The maximum absolute atomic E-state index is 2.37. The van der Waals surface area contributed by atoms with Crippen molar-refractivity contribution in [1.82, 2.24) is 0 Å². The van der Waals surface area contributed by atoms with Gasteiger partial charge in [0.1, 0.15) is 6.54 Å². The first kappa shape index (κ1) is 13.9. The van der Waals surface area contributed by atoms with Crippen LogP contribution in [0.5, 0.6) is 0 Å². The van der Waals surface area contributed by atoms with Crippen LogP contribution in [0.1, 0.15) is 18.5 Å². The lowest BCUT2D eigenvalue weighted by Gasteiger charge is -2.05. The zero-order chi connectivity index (χ0) is 16.1. The van der Waals surface area contributed by atoms with Gasteiger partial charge in [0.05, 0.1) is 0 Å². The minimum Gasteiger partial charge on any atom is -0.218 e. The van der Waals surface area contributed by atoms with Crippen LogP contribution in [0.4, 0.5) is 0 Å². The second-order valence-corrected chi connectivity index (χ2v) is 7.38. The fourth-order valence-electron chi connectivity index (χ4n) is 3.59. The molecule has 2 heterocycles. The second kappa shape index (κ2) is 5.29. The van der Waals surface area contributed by atoms with Gasteiger partial charge in [0.25, 0.3) is 6.04 Å². The molecule has 0 aliphatic carbocycles. The van der Waals surface area contributed by atoms with E-state index in [1.807, 2.05) is 11.3 Å². The molecule has 116 valence electrons. The fourth-order valence-corrected chi connectivity index (χ4v) is 4.83. The van der Waals surface area contributed by atoms with Gasteiger partial charge in [-0.2, -0.15) is 0 Å². The summed E-state index contributed by atoms with van der Waals surface area (Å²) >= 11 is 1.90. The Morgan fingerprint density at radius 1 is 0.917 bits per heavy atom. The highest BCUT2D eigenvalue weighted by atomic mass is 32.1. The van der Waals surface area contributed by atoms with Gasteiger partial charge in [-0.1, -0.05) is 54.6 Å². The van der Waals surface area contributed by atoms with Crippen molar-refractivity contribution in [3.63, 3.8) is 0 Å². The summed E-state index contributed by atoms with van der Waals surface area (Å²) in [7, 11) is 0. The van der Waals surface area contributed by atoms with Gasteiger partial charge >= 0.3 is 0 Å². The van der Waals surface area contributed by atoms with Crippen LogP contribution in [0.2, 0.25) is 0 Å². The lowest BCUT2D eigenvalue weighted by Crippen LogP contribution is -1.95. The minimum atomic E-state index is 0.497. The molecule has 1 atom stereocenters. The number of rotatable bonds is 3. The smallest absolute Gasteiger partial charge is 0.218 e. The highest BCUT2D eigenvalue weighted by Crippen LogP contribution is 2.40. The molecule has 5 rings (SSSR count). The molecule has 1 aliphatic rings. The minimum absolute atomic E-state index is 0.497. The molecule has 0 saturated heterocycles. The third kappa shape index (κ3) is 2.10. The van der Waals surface area contributed by atoms with Crippen molar-refractivity contribution in [3.8, 4) is 11.1 Å². The third-order valence-electron chi connectivity index (χ3n) is 4.91. The summed E-state index contributed by atoms with van der Waals surface area (Å²) in [6, 6.07) is 24.9. The molecule has 3 aromatic carbocycles. The third-order valence-corrected chi connectivity index (χ3v) is 6.13. The van der Waals surface area contributed by atoms with Gasteiger partial charge in [0.15, 0.2) is 0 Å². The second-order valence-electron chi connectivity index (χ2n) is 6.33. The molecule has 1 aliphatic heterocycles. The fraction of sp³-hybridized carbons (Fsp3) is 0.136. The highest BCUT2D eigenvalue weighted by Gasteiger charge is 2.35. The molecule has 4 aromatic rings. The number of hydrogen-bond donors (Lipinski definition) is 0. The predicted octanol–water partition coefficient (Wildman–Crippen LogP) is 5.88. The number of hydrogen-bond acceptors (Lipinski definition) is 1. The number of thiophene rings is 1. The van der Waals surface area contributed by atoms with Crippen molar-refractivity contribution in [1.29, 1.82) is 0 Å². The molecule has 1 unspecified atom stereocenters. The average Bonchev–Trinajstić information content (AvgIpc) is 3.34. The van der Waals surface area contributed by atoms with Crippen LogP contribution in [-0.4, -0.2) is 17.3 Å². The van der Waals surface area contributed by atoms with Crippen molar-refractivity contribution < 1.29 is 4.58 Å². The van der Waals surface area contributed by atoms with E-state index in [1.54, 1.807) is 0 Å². The van der Waals surface area contributed by atoms with Crippen molar-refractivity contribution in [2.45, 2.75) is 13.0 Å². The Morgan fingerprint density at radius 2 is 1.75 bits per heavy atom. The summed E-state index contributed by atoms with van der Waals surface area (Å²) in [4.78, 5) is 0. The Labute approximate surface area is 145 Å². The van der Waals surface area contributed by atoms with E-state index in [9.17, 15) is 0 Å². The van der Waals surface area contributed by atoms with Crippen LogP contribution in [0.3, 0.4) is 0 Å².